The van der Waals surface area contributed by atoms with Crippen molar-refractivity contribution in [1.29, 1.82) is 0 Å². The first kappa shape index (κ1) is 12.5. The first-order valence-electron chi connectivity index (χ1n) is 6.51. The van der Waals surface area contributed by atoms with Crippen molar-refractivity contribution < 1.29 is 9.53 Å². The van der Waals surface area contributed by atoms with Crippen molar-refractivity contribution in [2.45, 2.75) is 64.7 Å². The molecule has 0 bridgehead atoms. The highest BCUT2D eigenvalue weighted by Gasteiger charge is 2.25. The van der Waals surface area contributed by atoms with Gasteiger partial charge in [-0.25, -0.2) is 0 Å². The predicted molar refractivity (Wildman–Crippen MR) is 61.7 cm³/mol. The number of rotatable bonds is 8. The van der Waals surface area contributed by atoms with Gasteiger partial charge in [0.25, 0.3) is 0 Å². The molecular weight excluding hydrogens is 188 g/mol. The average molecular weight is 212 g/mol. The Morgan fingerprint density at radius 2 is 1.80 bits per heavy atom. The number of hydrogen-bond donors (Lipinski definition) is 0. The van der Waals surface area contributed by atoms with Crippen LogP contribution in [0.3, 0.4) is 0 Å². The maximum atomic E-state index is 11.2. The highest BCUT2D eigenvalue weighted by Crippen LogP contribution is 2.21. The van der Waals surface area contributed by atoms with E-state index in [1.165, 1.54) is 44.9 Å². The fraction of sp³-hybridized carbons (Fsp3) is 0.923. The maximum Gasteiger partial charge on any atom is 0.309 e. The molecule has 0 aromatic heterocycles. The monoisotopic (exact) mass is 212 g/mol. The molecule has 15 heavy (non-hydrogen) atoms. The van der Waals surface area contributed by atoms with Crippen LogP contribution in [0, 0.1) is 5.92 Å². The molecule has 1 heterocycles. The standard InChI is InChI=1S/C13H24O2/c1-2-3-4-5-6-7-8-9-12-10-11-15-13(12)14/h12H,2-11H2,1H3/t12-/m1/s1. The van der Waals surface area contributed by atoms with Crippen molar-refractivity contribution in [3.05, 3.63) is 0 Å². The second kappa shape index (κ2) is 7.72. The van der Waals surface area contributed by atoms with Crippen LogP contribution in [0.5, 0.6) is 0 Å². The lowest BCUT2D eigenvalue weighted by atomic mass is 9.99. The summed E-state index contributed by atoms with van der Waals surface area (Å²) in [5, 5.41) is 0. The fourth-order valence-electron chi connectivity index (χ4n) is 2.15. The zero-order chi connectivity index (χ0) is 10.9. The van der Waals surface area contributed by atoms with Crippen LogP contribution in [0.1, 0.15) is 64.7 Å². The molecule has 0 N–H and O–H groups in total. The fourth-order valence-corrected chi connectivity index (χ4v) is 2.15. The van der Waals surface area contributed by atoms with E-state index in [4.69, 9.17) is 4.74 Å². The molecule has 88 valence electrons. The van der Waals surface area contributed by atoms with Gasteiger partial charge in [0.1, 0.15) is 0 Å². The van der Waals surface area contributed by atoms with Crippen molar-refractivity contribution in [3.8, 4) is 0 Å². The number of unbranched alkanes of at least 4 members (excludes halogenated alkanes) is 6. The molecule has 1 fully saturated rings. The third kappa shape index (κ3) is 5.19. The van der Waals surface area contributed by atoms with Gasteiger partial charge in [0, 0.05) is 0 Å². The molecule has 1 atom stereocenters. The van der Waals surface area contributed by atoms with Gasteiger partial charge in [0.2, 0.25) is 0 Å². The minimum absolute atomic E-state index is 0.0426. The predicted octanol–water partition coefficient (Wildman–Crippen LogP) is 3.69. The maximum absolute atomic E-state index is 11.2. The Labute approximate surface area is 93.4 Å². The molecule has 0 unspecified atom stereocenters. The summed E-state index contributed by atoms with van der Waals surface area (Å²) in [5.74, 6) is 0.265. The van der Waals surface area contributed by atoms with Crippen LogP contribution in [0.2, 0.25) is 0 Å². The van der Waals surface area contributed by atoms with Crippen molar-refractivity contribution in [1.82, 2.24) is 0 Å². The van der Waals surface area contributed by atoms with Gasteiger partial charge in [-0.05, 0) is 12.8 Å². The lowest BCUT2D eigenvalue weighted by Gasteiger charge is -2.04. The van der Waals surface area contributed by atoms with Gasteiger partial charge in [-0.2, -0.15) is 0 Å². The van der Waals surface area contributed by atoms with E-state index < -0.39 is 0 Å². The van der Waals surface area contributed by atoms with Gasteiger partial charge in [-0.15, -0.1) is 0 Å². The van der Waals surface area contributed by atoms with Crippen LogP contribution in [-0.2, 0) is 9.53 Å². The first-order valence-corrected chi connectivity index (χ1v) is 6.51. The number of esters is 1. The van der Waals surface area contributed by atoms with Crippen LogP contribution in [0.15, 0.2) is 0 Å². The molecule has 0 amide bonds. The number of ether oxygens (including phenoxy) is 1. The second-order valence-corrected chi connectivity index (χ2v) is 4.56. The lowest BCUT2D eigenvalue weighted by molar-refractivity contribution is -0.141. The lowest BCUT2D eigenvalue weighted by Crippen LogP contribution is -2.06. The van der Waals surface area contributed by atoms with Crippen molar-refractivity contribution in [2.75, 3.05) is 6.61 Å². The second-order valence-electron chi connectivity index (χ2n) is 4.56. The molecule has 1 rings (SSSR count). The van der Waals surface area contributed by atoms with Crippen LogP contribution >= 0.6 is 0 Å². The van der Waals surface area contributed by atoms with E-state index in [1.807, 2.05) is 0 Å². The van der Waals surface area contributed by atoms with Gasteiger partial charge in [0.15, 0.2) is 0 Å². The van der Waals surface area contributed by atoms with Gasteiger partial charge >= 0.3 is 5.97 Å². The van der Waals surface area contributed by atoms with Crippen LogP contribution in [0.25, 0.3) is 0 Å². The molecule has 1 aliphatic rings. The largest absolute Gasteiger partial charge is 0.465 e. The SMILES string of the molecule is CCCCCCCCC[C@@H]1CCOC1=O. The zero-order valence-electron chi connectivity index (χ0n) is 9.96. The summed E-state index contributed by atoms with van der Waals surface area (Å²) in [6.07, 6.45) is 11.2. The molecule has 0 aliphatic carbocycles. The van der Waals surface area contributed by atoms with E-state index in [1.54, 1.807) is 0 Å². The van der Waals surface area contributed by atoms with Gasteiger partial charge in [0.05, 0.1) is 12.5 Å². The number of cyclic esters (lactones) is 1. The molecule has 0 aromatic rings. The van der Waals surface area contributed by atoms with Gasteiger partial charge < -0.3 is 4.74 Å². The minimum Gasteiger partial charge on any atom is -0.465 e. The Morgan fingerprint density at radius 1 is 1.13 bits per heavy atom. The third-order valence-electron chi connectivity index (χ3n) is 3.20. The molecule has 0 aromatic carbocycles. The molecule has 0 radical (unpaired) electrons. The van der Waals surface area contributed by atoms with Crippen molar-refractivity contribution in [2.24, 2.45) is 5.92 Å². The average Bonchev–Trinajstić information content (AvgIpc) is 2.63. The molecular formula is C13H24O2. The van der Waals surface area contributed by atoms with Crippen molar-refractivity contribution in [3.63, 3.8) is 0 Å². The van der Waals surface area contributed by atoms with E-state index >= 15 is 0 Å². The molecule has 1 saturated heterocycles. The molecule has 2 nitrogen and oxygen atoms in total. The Kier molecular flexibility index (Phi) is 6.45. The smallest absolute Gasteiger partial charge is 0.309 e. The summed E-state index contributed by atoms with van der Waals surface area (Å²) in [6.45, 7) is 2.89. The summed E-state index contributed by atoms with van der Waals surface area (Å²) < 4.78 is 4.94. The number of carbonyl (C=O) groups is 1. The van der Waals surface area contributed by atoms with E-state index in [0.29, 0.717) is 6.61 Å². The van der Waals surface area contributed by atoms with E-state index in [2.05, 4.69) is 6.92 Å². The Bertz CT molecular complexity index is 177. The Balaban J connectivity index is 1.86. The Hall–Kier alpha value is -0.530. The van der Waals surface area contributed by atoms with Gasteiger partial charge in [-0.3, -0.25) is 4.79 Å². The molecule has 1 aliphatic heterocycles. The molecule has 0 saturated carbocycles. The van der Waals surface area contributed by atoms with E-state index in [0.717, 1.165) is 12.8 Å². The Morgan fingerprint density at radius 3 is 2.40 bits per heavy atom. The van der Waals surface area contributed by atoms with E-state index in [-0.39, 0.29) is 11.9 Å². The summed E-state index contributed by atoms with van der Waals surface area (Å²) in [4.78, 5) is 11.2. The summed E-state index contributed by atoms with van der Waals surface area (Å²) in [5.41, 5.74) is 0. The number of carbonyl (C=O) groups excluding carboxylic acids is 1. The normalized spacial score (nSPS) is 20.6. The van der Waals surface area contributed by atoms with E-state index in [9.17, 15) is 4.79 Å². The van der Waals surface area contributed by atoms with Crippen LogP contribution in [0.4, 0.5) is 0 Å². The highest BCUT2D eigenvalue weighted by atomic mass is 16.5. The van der Waals surface area contributed by atoms with Gasteiger partial charge in [-0.1, -0.05) is 51.9 Å². The summed E-state index contributed by atoms with van der Waals surface area (Å²) in [6, 6.07) is 0. The van der Waals surface area contributed by atoms with Crippen LogP contribution in [-0.4, -0.2) is 12.6 Å². The first-order chi connectivity index (χ1) is 7.34. The molecule has 0 spiro atoms. The highest BCUT2D eigenvalue weighted by molar-refractivity contribution is 5.73. The quantitative estimate of drug-likeness (QED) is 0.453. The summed E-state index contributed by atoms with van der Waals surface area (Å²) >= 11 is 0. The summed E-state index contributed by atoms with van der Waals surface area (Å²) in [7, 11) is 0. The third-order valence-corrected chi connectivity index (χ3v) is 3.20. The van der Waals surface area contributed by atoms with Crippen molar-refractivity contribution >= 4 is 5.97 Å². The topological polar surface area (TPSA) is 26.3 Å². The zero-order valence-corrected chi connectivity index (χ0v) is 9.96. The molecule has 2 heteroatoms. The minimum atomic E-state index is 0.0426. The number of hydrogen-bond acceptors (Lipinski definition) is 2. The van der Waals surface area contributed by atoms with Crippen LogP contribution < -0.4 is 0 Å².